The van der Waals surface area contributed by atoms with Gasteiger partial charge in [0.05, 0.1) is 13.2 Å². The third kappa shape index (κ3) is 5.69. The van der Waals surface area contributed by atoms with Crippen molar-refractivity contribution in [3.05, 3.63) is 48.0 Å². The minimum Gasteiger partial charge on any atom is -0.453 e. The third-order valence-electron chi connectivity index (χ3n) is 2.90. The SMILES string of the molecule is CCCCC(/C=C/C(=O)c1ccccc1)NC(=O)OC. The van der Waals surface area contributed by atoms with Crippen LogP contribution < -0.4 is 5.32 Å². The van der Waals surface area contributed by atoms with Crippen molar-refractivity contribution >= 4 is 11.9 Å². The molecule has 1 unspecified atom stereocenters. The Morgan fingerprint density at radius 1 is 1.30 bits per heavy atom. The van der Waals surface area contributed by atoms with E-state index in [1.807, 2.05) is 18.2 Å². The first-order chi connectivity index (χ1) is 9.67. The summed E-state index contributed by atoms with van der Waals surface area (Å²) in [7, 11) is 1.32. The van der Waals surface area contributed by atoms with Gasteiger partial charge in [0.2, 0.25) is 0 Å². The fourth-order valence-corrected chi connectivity index (χ4v) is 1.75. The Kier molecular flexibility index (Phi) is 7.11. The second kappa shape index (κ2) is 8.91. The average Bonchev–Trinajstić information content (AvgIpc) is 2.50. The molecule has 0 saturated heterocycles. The Morgan fingerprint density at radius 2 is 2.00 bits per heavy atom. The first-order valence-electron chi connectivity index (χ1n) is 6.79. The van der Waals surface area contributed by atoms with Crippen molar-refractivity contribution in [3.8, 4) is 0 Å². The first kappa shape index (κ1) is 16.0. The number of nitrogens with one attached hydrogen (secondary N) is 1. The largest absolute Gasteiger partial charge is 0.453 e. The summed E-state index contributed by atoms with van der Waals surface area (Å²) in [6.45, 7) is 2.08. The van der Waals surface area contributed by atoms with Crippen LogP contribution in [0.25, 0.3) is 0 Å². The fourth-order valence-electron chi connectivity index (χ4n) is 1.75. The number of ketones is 1. The number of methoxy groups -OCH3 is 1. The minimum absolute atomic E-state index is 0.0706. The van der Waals surface area contributed by atoms with Crippen molar-refractivity contribution in [3.63, 3.8) is 0 Å². The average molecular weight is 275 g/mol. The molecule has 4 heteroatoms. The molecule has 20 heavy (non-hydrogen) atoms. The van der Waals surface area contributed by atoms with E-state index in [-0.39, 0.29) is 11.8 Å². The molecule has 1 aromatic rings. The Labute approximate surface area is 119 Å². The maximum absolute atomic E-state index is 11.9. The molecule has 0 saturated carbocycles. The maximum Gasteiger partial charge on any atom is 0.407 e. The number of allylic oxidation sites excluding steroid dienone is 1. The normalized spacial score (nSPS) is 12.1. The van der Waals surface area contributed by atoms with Crippen molar-refractivity contribution < 1.29 is 14.3 Å². The van der Waals surface area contributed by atoms with E-state index in [4.69, 9.17) is 0 Å². The van der Waals surface area contributed by atoms with E-state index in [9.17, 15) is 9.59 Å². The molecule has 0 aliphatic rings. The lowest BCUT2D eigenvalue weighted by Crippen LogP contribution is -2.33. The van der Waals surface area contributed by atoms with Gasteiger partial charge < -0.3 is 10.1 Å². The molecular formula is C16H21NO3. The van der Waals surface area contributed by atoms with Crippen molar-refractivity contribution in [2.75, 3.05) is 7.11 Å². The Hall–Kier alpha value is -2.10. The second-order valence-electron chi connectivity index (χ2n) is 4.47. The summed E-state index contributed by atoms with van der Waals surface area (Å²) < 4.78 is 4.58. The fraction of sp³-hybridized carbons (Fsp3) is 0.375. The number of unbranched alkanes of at least 4 members (excludes halogenated alkanes) is 1. The van der Waals surface area contributed by atoms with E-state index in [1.165, 1.54) is 13.2 Å². The van der Waals surface area contributed by atoms with Crippen LogP contribution in [0, 0.1) is 0 Å². The standard InChI is InChI=1S/C16H21NO3/c1-3-4-10-14(17-16(19)20-2)11-12-15(18)13-8-6-5-7-9-13/h5-9,11-12,14H,3-4,10H2,1-2H3,(H,17,19)/b12-11+. The van der Waals surface area contributed by atoms with Crippen molar-refractivity contribution in [1.29, 1.82) is 0 Å². The van der Waals surface area contributed by atoms with Crippen LogP contribution in [-0.4, -0.2) is 25.0 Å². The Morgan fingerprint density at radius 3 is 2.60 bits per heavy atom. The molecule has 4 nitrogen and oxygen atoms in total. The van der Waals surface area contributed by atoms with Crippen LogP contribution >= 0.6 is 0 Å². The summed E-state index contributed by atoms with van der Waals surface area (Å²) in [6.07, 6.45) is 5.53. The van der Waals surface area contributed by atoms with Crippen molar-refractivity contribution in [2.24, 2.45) is 0 Å². The van der Waals surface area contributed by atoms with Crippen LogP contribution in [0.1, 0.15) is 36.5 Å². The molecule has 1 atom stereocenters. The summed E-state index contributed by atoms with van der Waals surface area (Å²) in [5.74, 6) is -0.0706. The number of carbonyl (C=O) groups excluding carboxylic acids is 2. The topological polar surface area (TPSA) is 55.4 Å². The number of carbonyl (C=O) groups is 2. The van der Waals surface area contributed by atoms with Gasteiger partial charge in [-0.1, -0.05) is 56.2 Å². The zero-order chi connectivity index (χ0) is 14.8. The lowest BCUT2D eigenvalue weighted by Gasteiger charge is -2.13. The summed E-state index contributed by atoms with van der Waals surface area (Å²) in [5.41, 5.74) is 0.635. The van der Waals surface area contributed by atoms with Gasteiger partial charge in [-0.2, -0.15) is 0 Å². The highest BCUT2D eigenvalue weighted by molar-refractivity contribution is 6.04. The summed E-state index contributed by atoms with van der Waals surface area (Å²) in [5, 5.41) is 2.71. The minimum atomic E-state index is -0.483. The molecule has 0 fully saturated rings. The quantitative estimate of drug-likeness (QED) is 0.613. The number of rotatable bonds is 7. The molecule has 108 valence electrons. The van der Waals surface area contributed by atoms with E-state index in [0.29, 0.717) is 5.56 Å². The van der Waals surface area contributed by atoms with Gasteiger partial charge in [-0.25, -0.2) is 4.79 Å². The lowest BCUT2D eigenvalue weighted by atomic mass is 10.1. The number of benzene rings is 1. The maximum atomic E-state index is 11.9. The van der Waals surface area contributed by atoms with Gasteiger partial charge >= 0.3 is 6.09 Å². The number of ether oxygens (including phenoxy) is 1. The zero-order valence-corrected chi connectivity index (χ0v) is 12.0. The van der Waals surface area contributed by atoms with Crippen molar-refractivity contribution in [1.82, 2.24) is 5.32 Å². The van der Waals surface area contributed by atoms with Gasteiger partial charge in [0.15, 0.2) is 5.78 Å². The number of hydrogen-bond donors (Lipinski definition) is 1. The predicted octanol–water partition coefficient (Wildman–Crippen LogP) is 3.34. The molecule has 0 aliphatic heterocycles. The van der Waals surface area contributed by atoms with E-state index >= 15 is 0 Å². The highest BCUT2D eigenvalue weighted by Crippen LogP contribution is 2.05. The molecular weight excluding hydrogens is 254 g/mol. The lowest BCUT2D eigenvalue weighted by molar-refractivity contribution is 0.104. The molecule has 0 radical (unpaired) electrons. The van der Waals surface area contributed by atoms with E-state index < -0.39 is 6.09 Å². The van der Waals surface area contributed by atoms with Crippen LogP contribution in [0.2, 0.25) is 0 Å². The van der Waals surface area contributed by atoms with Crippen LogP contribution in [0.15, 0.2) is 42.5 Å². The van der Waals surface area contributed by atoms with Crippen LogP contribution in [0.5, 0.6) is 0 Å². The Bertz CT molecular complexity index is 454. The number of amides is 1. The molecule has 1 amide bonds. The van der Waals surface area contributed by atoms with Crippen LogP contribution in [0.4, 0.5) is 4.79 Å². The summed E-state index contributed by atoms with van der Waals surface area (Å²) in [4.78, 5) is 23.2. The van der Waals surface area contributed by atoms with Crippen LogP contribution in [-0.2, 0) is 4.74 Å². The third-order valence-corrected chi connectivity index (χ3v) is 2.90. The molecule has 1 rings (SSSR count). The molecule has 1 aromatic carbocycles. The van der Waals surface area contributed by atoms with Crippen molar-refractivity contribution in [2.45, 2.75) is 32.2 Å². The highest BCUT2D eigenvalue weighted by atomic mass is 16.5. The second-order valence-corrected chi connectivity index (χ2v) is 4.47. The van der Waals surface area contributed by atoms with Gasteiger partial charge in [-0.15, -0.1) is 0 Å². The number of hydrogen-bond acceptors (Lipinski definition) is 3. The smallest absolute Gasteiger partial charge is 0.407 e. The first-order valence-corrected chi connectivity index (χ1v) is 6.79. The highest BCUT2D eigenvalue weighted by Gasteiger charge is 2.09. The zero-order valence-electron chi connectivity index (χ0n) is 12.0. The van der Waals surface area contributed by atoms with E-state index in [0.717, 1.165) is 19.3 Å². The van der Waals surface area contributed by atoms with Gasteiger partial charge in [0, 0.05) is 5.56 Å². The number of alkyl carbamates (subject to hydrolysis) is 1. The predicted molar refractivity (Wildman–Crippen MR) is 78.8 cm³/mol. The Balaban J connectivity index is 2.65. The summed E-state index contributed by atoms with van der Waals surface area (Å²) in [6, 6.07) is 8.85. The molecule has 0 spiro atoms. The van der Waals surface area contributed by atoms with Crippen LogP contribution in [0.3, 0.4) is 0 Å². The summed E-state index contributed by atoms with van der Waals surface area (Å²) >= 11 is 0. The molecule has 0 aromatic heterocycles. The van der Waals surface area contributed by atoms with Gasteiger partial charge in [-0.05, 0) is 12.5 Å². The molecule has 0 aliphatic carbocycles. The molecule has 0 bridgehead atoms. The van der Waals surface area contributed by atoms with Gasteiger partial charge in [0.25, 0.3) is 0 Å². The van der Waals surface area contributed by atoms with E-state index in [1.54, 1.807) is 18.2 Å². The van der Waals surface area contributed by atoms with E-state index in [2.05, 4.69) is 17.0 Å². The monoisotopic (exact) mass is 275 g/mol. The molecule has 1 N–H and O–H groups in total. The van der Waals surface area contributed by atoms with Gasteiger partial charge in [-0.3, -0.25) is 4.79 Å². The molecule has 0 heterocycles. The van der Waals surface area contributed by atoms with Gasteiger partial charge in [0.1, 0.15) is 0 Å².